The van der Waals surface area contributed by atoms with E-state index >= 15 is 0 Å². The summed E-state index contributed by atoms with van der Waals surface area (Å²) in [5, 5.41) is 8.37. The van der Waals surface area contributed by atoms with Crippen molar-refractivity contribution in [2.45, 2.75) is 12.8 Å². The van der Waals surface area contributed by atoms with Crippen LogP contribution in [0.5, 0.6) is 0 Å². The Morgan fingerprint density at radius 2 is 2.00 bits per heavy atom. The second-order valence-electron chi connectivity index (χ2n) is 5.53. The summed E-state index contributed by atoms with van der Waals surface area (Å²) in [5.41, 5.74) is 2.27. The van der Waals surface area contributed by atoms with E-state index in [1.807, 2.05) is 18.2 Å². The minimum Gasteiger partial charge on any atom is -0.434 e. The first-order valence-corrected chi connectivity index (χ1v) is 8.25. The Morgan fingerprint density at radius 3 is 2.84 bits per heavy atom. The number of hydrogen-bond donors (Lipinski definition) is 1. The summed E-state index contributed by atoms with van der Waals surface area (Å²) in [6.07, 6.45) is 0.998. The summed E-state index contributed by atoms with van der Waals surface area (Å²) in [5.74, 6) is 0.0119. The number of fused-ring (bicyclic) bond motifs is 1. The van der Waals surface area contributed by atoms with Crippen molar-refractivity contribution in [3.63, 3.8) is 0 Å². The number of aromatic nitrogens is 3. The Hall–Kier alpha value is -2.57. The molecule has 0 fully saturated rings. The van der Waals surface area contributed by atoms with Gasteiger partial charge in [-0.3, -0.25) is 0 Å². The molecule has 2 aromatic carbocycles. The van der Waals surface area contributed by atoms with Gasteiger partial charge in [0.15, 0.2) is 0 Å². The number of carbonyl (C=O) groups excluding carboxylic acids is 1. The number of nitrogens with one attached hydrogen (secondary N) is 1. The molecule has 126 valence electrons. The van der Waals surface area contributed by atoms with Crippen LogP contribution in [0.25, 0.3) is 0 Å². The van der Waals surface area contributed by atoms with Crippen molar-refractivity contribution in [3.05, 3.63) is 75.5 Å². The maximum Gasteiger partial charge on any atom is 0.340 e. The maximum absolute atomic E-state index is 11.8. The van der Waals surface area contributed by atoms with E-state index in [2.05, 4.69) is 15.4 Å². The van der Waals surface area contributed by atoms with Crippen molar-refractivity contribution >= 4 is 35.1 Å². The van der Waals surface area contributed by atoms with Crippen LogP contribution in [0.2, 0.25) is 10.0 Å². The fourth-order valence-electron chi connectivity index (χ4n) is 2.63. The topological polar surface area (TPSA) is 69.0 Å². The van der Waals surface area contributed by atoms with E-state index in [1.54, 1.807) is 35.3 Å². The molecule has 0 unspecified atom stereocenters. The first-order chi connectivity index (χ1) is 12.1. The number of anilines is 1. The highest BCUT2D eigenvalue weighted by Gasteiger charge is 2.31. The number of hydrogen-bond acceptors (Lipinski definition) is 5. The van der Waals surface area contributed by atoms with Crippen LogP contribution >= 0.6 is 23.2 Å². The number of rotatable bonds is 4. The van der Waals surface area contributed by atoms with Gasteiger partial charge in [0.25, 0.3) is 0 Å². The molecule has 0 amide bonds. The number of halogens is 2. The zero-order chi connectivity index (χ0) is 17.4. The standard InChI is InChI=1S/C17H12Cl2N4O2/c18-13-6-5-10(7-14(13)19)8-23-9-20-17(22-23)21-15-11-3-1-2-4-12(11)16(24)25-15/h1-7,9,15H,8H2,(H,21,22)/t15-/m0/s1. The van der Waals surface area contributed by atoms with E-state index in [0.29, 0.717) is 28.1 Å². The highest BCUT2D eigenvalue weighted by Crippen LogP contribution is 2.30. The van der Waals surface area contributed by atoms with Crippen LogP contribution in [0, 0.1) is 0 Å². The number of cyclic esters (lactones) is 1. The third-order valence-corrected chi connectivity index (χ3v) is 4.55. The molecule has 1 atom stereocenters. The molecule has 0 spiro atoms. The highest BCUT2D eigenvalue weighted by atomic mass is 35.5. The van der Waals surface area contributed by atoms with Gasteiger partial charge >= 0.3 is 5.97 Å². The second-order valence-corrected chi connectivity index (χ2v) is 6.35. The minimum absolute atomic E-state index is 0.358. The number of esters is 1. The van der Waals surface area contributed by atoms with Gasteiger partial charge in [0, 0.05) is 5.56 Å². The molecule has 25 heavy (non-hydrogen) atoms. The van der Waals surface area contributed by atoms with E-state index < -0.39 is 6.23 Å². The van der Waals surface area contributed by atoms with Crippen LogP contribution in [0.15, 0.2) is 48.8 Å². The van der Waals surface area contributed by atoms with Gasteiger partial charge in [0.05, 0.1) is 22.2 Å². The van der Waals surface area contributed by atoms with E-state index in [9.17, 15) is 4.79 Å². The predicted molar refractivity (Wildman–Crippen MR) is 93.8 cm³/mol. The lowest BCUT2D eigenvalue weighted by atomic mass is 10.1. The zero-order valence-corrected chi connectivity index (χ0v) is 14.3. The van der Waals surface area contributed by atoms with Crippen LogP contribution in [0.3, 0.4) is 0 Å². The molecule has 3 aromatic rings. The van der Waals surface area contributed by atoms with Crippen molar-refractivity contribution in [2.24, 2.45) is 0 Å². The van der Waals surface area contributed by atoms with E-state index in [-0.39, 0.29) is 5.97 Å². The molecule has 0 saturated heterocycles. The Labute approximate surface area is 153 Å². The summed E-state index contributed by atoms with van der Waals surface area (Å²) in [6.45, 7) is 0.493. The van der Waals surface area contributed by atoms with Gasteiger partial charge in [-0.1, -0.05) is 47.5 Å². The van der Waals surface area contributed by atoms with Gasteiger partial charge in [-0.15, -0.1) is 5.10 Å². The molecule has 1 aliphatic heterocycles. The van der Waals surface area contributed by atoms with Gasteiger partial charge in [-0.2, -0.15) is 0 Å². The first-order valence-electron chi connectivity index (χ1n) is 7.50. The molecule has 0 radical (unpaired) electrons. The molecule has 6 nitrogen and oxygen atoms in total. The normalized spacial score (nSPS) is 15.8. The summed E-state index contributed by atoms with van der Waals surface area (Å²) in [7, 11) is 0. The largest absolute Gasteiger partial charge is 0.434 e. The van der Waals surface area contributed by atoms with Crippen molar-refractivity contribution in [2.75, 3.05) is 5.32 Å². The molecule has 0 saturated carbocycles. The fourth-order valence-corrected chi connectivity index (χ4v) is 2.95. The molecule has 8 heteroatoms. The van der Waals surface area contributed by atoms with Crippen LogP contribution in [0.1, 0.15) is 27.7 Å². The second kappa shape index (κ2) is 6.38. The van der Waals surface area contributed by atoms with E-state index in [0.717, 1.165) is 11.1 Å². The smallest absolute Gasteiger partial charge is 0.340 e. The van der Waals surface area contributed by atoms with Crippen molar-refractivity contribution in [1.82, 2.24) is 14.8 Å². The van der Waals surface area contributed by atoms with Crippen molar-refractivity contribution < 1.29 is 9.53 Å². The Kier molecular flexibility index (Phi) is 4.07. The Balaban J connectivity index is 1.49. The number of benzene rings is 2. The SMILES string of the molecule is O=C1O[C@H](Nc2ncn(Cc3ccc(Cl)c(Cl)c3)n2)c2ccccc21. The molecular weight excluding hydrogens is 363 g/mol. The lowest BCUT2D eigenvalue weighted by Crippen LogP contribution is -2.12. The third kappa shape index (κ3) is 3.18. The minimum atomic E-state index is -0.593. The van der Waals surface area contributed by atoms with Crippen molar-refractivity contribution in [3.8, 4) is 0 Å². The predicted octanol–water partition coefficient (Wildman–Crippen LogP) is 3.91. The van der Waals surface area contributed by atoms with Crippen LogP contribution in [-0.4, -0.2) is 20.7 Å². The van der Waals surface area contributed by atoms with Crippen LogP contribution < -0.4 is 5.32 Å². The van der Waals surface area contributed by atoms with E-state index in [1.165, 1.54) is 0 Å². The number of nitrogens with zero attached hydrogens (tertiary/aromatic N) is 3. The third-order valence-electron chi connectivity index (χ3n) is 3.81. The summed E-state index contributed by atoms with van der Waals surface area (Å²) < 4.78 is 6.98. The molecule has 1 aromatic heterocycles. The monoisotopic (exact) mass is 374 g/mol. The summed E-state index contributed by atoms with van der Waals surface area (Å²) in [6, 6.07) is 12.6. The molecule has 1 N–H and O–H groups in total. The average Bonchev–Trinajstić information content (AvgIpc) is 3.17. The maximum atomic E-state index is 11.8. The molecule has 0 aliphatic carbocycles. The first kappa shape index (κ1) is 15.9. The van der Waals surface area contributed by atoms with Crippen molar-refractivity contribution in [1.29, 1.82) is 0 Å². The molecule has 4 rings (SSSR count). The summed E-state index contributed by atoms with van der Waals surface area (Å²) >= 11 is 11.9. The lowest BCUT2D eigenvalue weighted by molar-refractivity contribution is 0.0436. The average molecular weight is 375 g/mol. The van der Waals surface area contributed by atoms with Gasteiger partial charge in [0.2, 0.25) is 12.2 Å². The molecule has 1 aliphatic rings. The zero-order valence-electron chi connectivity index (χ0n) is 12.8. The molecule has 0 bridgehead atoms. The number of carbonyl (C=O) groups is 1. The van der Waals surface area contributed by atoms with Crippen LogP contribution in [0.4, 0.5) is 5.95 Å². The van der Waals surface area contributed by atoms with E-state index in [4.69, 9.17) is 27.9 Å². The number of ether oxygens (including phenoxy) is 1. The van der Waals surface area contributed by atoms with Gasteiger partial charge in [-0.25, -0.2) is 14.5 Å². The van der Waals surface area contributed by atoms with Gasteiger partial charge in [0.1, 0.15) is 6.33 Å². The lowest BCUT2D eigenvalue weighted by Gasteiger charge is -2.10. The fraction of sp³-hybridized carbons (Fsp3) is 0.118. The Bertz CT molecular complexity index is 957. The van der Waals surface area contributed by atoms with Gasteiger partial charge < -0.3 is 10.1 Å². The van der Waals surface area contributed by atoms with Gasteiger partial charge in [-0.05, 0) is 23.8 Å². The molecular formula is C17H12Cl2N4O2. The Morgan fingerprint density at radius 1 is 1.16 bits per heavy atom. The molecule has 2 heterocycles. The summed E-state index contributed by atoms with van der Waals surface area (Å²) in [4.78, 5) is 16.0. The van der Waals surface area contributed by atoms with Crippen LogP contribution in [-0.2, 0) is 11.3 Å². The quantitative estimate of drug-likeness (QED) is 0.701. The highest BCUT2D eigenvalue weighted by molar-refractivity contribution is 6.42.